The van der Waals surface area contributed by atoms with E-state index < -0.39 is 0 Å². The third-order valence-electron chi connectivity index (χ3n) is 1.74. The van der Waals surface area contributed by atoms with Gasteiger partial charge in [0.1, 0.15) is 0 Å². The van der Waals surface area contributed by atoms with Gasteiger partial charge in [0.25, 0.3) is 0 Å². The second-order valence-corrected chi connectivity index (χ2v) is 2.48. The Morgan fingerprint density at radius 2 is 2.08 bits per heavy atom. The molecule has 0 saturated heterocycles. The summed E-state index contributed by atoms with van der Waals surface area (Å²) < 4.78 is 0. The van der Waals surface area contributed by atoms with Gasteiger partial charge in [-0.15, -0.1) is 0 Å². The molecule has 0 spiro atoms. The van der Waals surface area contributed by atoms with Crippen molar-refractivity contribution in [3.8, 4) is 0 Å². The van der Waals surface area contributed by atoms with E-state index in [1.807, 2.05) is 37.4 Å². The standard InChI is InChI=1S/C11H13N/c1-4-7-10-9(5-2)8-12-11(10)6-3/h4-8,12H,2-3H2,1H3/b7-4-. The Bertz CT molecular complexity index is 290. The van der Waals surface area contributed by atoms with Crippen LogP contribution in [0, 0.1) is 0 Å². The van der Waals surface area contributed by atoms with E-state index in [9.17, 15) is 0 Å². The molecule has 1 nitrogen and oxygen atoms in total. The lowest BCUT2D eigenvalue weighted by molar-refractivity contribution is 1.37. The third-order valence-corrected chi connectivity index (χ3v) is 1.74. The Labute approximate surface area is 73.1 Å². The number of hydrogen-bond donors (Lipinski definition) is 1. The minimum absolute atomic E-state index is 1.04. The summed E-state index contributed by atoms with van der Waals surface area (Å²) in [5.41, 5.74) is 3.31. The monoisotopic (exact) mass is 159 g/mol. The minimum atomic E-state index is 1.04. The Morgan fingerprint density at radius 3 is 2.58 bits per heavy atom. The van der Waals surface area contributed by atoms with Crippen LogP contribution in [0.1, 0.15) is 23.7 Å². The van der Waals surface area contributed by atoms with Crippen LogP contribution in [0.4, 0.5) is 0 Å². The van der Waals surface area contributed by atoms with Crippen LogP contribution in [0.5, 0.6) is 0 Å². The van der Waals surface area contributed by atoms with E-state index in [1.165, 1.54) is 0 Å². The van der Waals surface area contributed by atoms with E-state index in [0.717, 1.165) is 16.8 Å². The van der Waals surface area contributed by atoms with Gasteiger partial charge in [0, 0.05) is 17.5 Å². The van der Waals surface area contributed by atoms with Crippen LogP contribution in [-0.2, 0) is 0 Å². The summed E-state index contributed by atoms with van der Waals surface area (Å²) in [6.45, 7) is 9.45. The van der Waals surface area contributed by atoms with Crippen molar-refractivity contribution in [3.05, 3.63) is 42.3 Å². The first kappa shape index (κ1) is 8.60. The first-order chi connectivity index (χ1) is 5.83. The van der Waals surface area contributed by atoms with Crippen molar-refractivity contribution in [2.75, 3.05) is 0 Å². The summed E-state index contributed by atoms with van der Waals surface area (Å²) in [4.78, 5) is 3.12. The molecule has 0 radical (unpaired) electrons. The lowest BCUT2D eigenvalue weighted by atomic mass is 10.1. The quantitative estimate of drug-likeness (QED) is 0.696. The van der Waals surface area contributed by atoms with Crippen molar-refractivity contribution < 1.29 is 0 Å². The van der Waals surface area contributed by atoms with E-state index in [-0.39, 0.29) is 0 Å². The van der Waals surface area contributed by atoms with E-state index in [1.54, 1.807) is 0 Å². The molecular weight excluding hydrogens is 146 g/mol. The van der Waals surface area contributed by atoms with Gasteiger partial charge in [0.2, 0.25) is 0 Å². The van der Waals surface area contributed by atoms with Crippen molar-refractivity contribution >= 4 is 18.2 Å². The second kappa shape index (κ2) is 3.77. The topological polar surface area (TPSA) is 15.8 Å². The normalized spacial score (nSPS) is 10.4. The third kappa shape index (κ3) is 1.40. The number of rotatable bonds is 3. The van der Waals surface area contributed by atoms with E-state index in [0.29, 0.717) is 0 Å². The molecule has 0 aliphatic carbocycles. The maximum Gasteiger partial charge on any atom is 0.0454 e. The molecule has 1 heteroatoms. The van der Waals surface area contributed by atoms with E-state index >= 15 is 0 Å². The molecule has 0 amide bonds. The molecule has 62 valence electrons. The highest BCUT2D eigenvalue weighted by atomic mass is 14.7. The second-order valence-electron chi connectivity index (χ2n) is 2.48. The molecule has 1 N–H and O–H groups in total. The molecule has 1 rings (SSSR count). The number of H-pyrrole nitrogens is 1. The first-order valence-corrected chi connectivity index (χ1v) is 3.92. The van der Waals surface area contributed by atoms with Gasteiger partial charge in [-0.2, -0.15) is 0 Å². The molecule has 0 aromatic carbocycles. The van der Waals surface area contributed by atoms with Gasteiger partial charge in [-0.05, 0) is 18.6 Å². The van der Waals surface area contributed by atoms with Crippen LogP contribution < -0.4 is 0 Å². The lowest BCUT2D eigenvalue weighted by Crippen LogP contribution is -1.75. The van der Waals surface area contributed by atoms with Crippen LogP contribution >= 0.6 is 0 Å². The summed E-state index contributed by atoms with van der Waals surface area (Å²) in [5, 5.41) is 0. The van der Waals surface area contributed by atoms with Gasteiger partial charge in [-0.3, -0.25) is 0 Å². The van der Waals surface area contributed by atoms with Crippen molar-refractivity contribution in [2.45, 2.75) is 6.92 Å². The van der Waals surface area contributed by atoms with Crippen LogP contribution in [0.15, 0.2) is 25.4 Å². The van der Waals surface area contributed by atoms with Crippen LogP contribution in [0.2, 0.25) is 0 Å². The van der Waals surface area contributed by atoms with Gasteiger partial charge in [0.05, 0.1) is 0 Å². The summed E-state index contributed by atoms with van der Waals surface area (Å²) in [6, 6.07) is 0. The summed E-state index contributed by atoms with van der Waals surface area (Å²) in [7, 11) is 0. The van der Waals surface area contributed by atoms with Crippen LogP contribution in [0.3, 0.4) is 0 Å². The summed E-state index contributed by atoms with van der Waals surface area (Å²) >= 11 is 0. The molecule has 1 aromatic rings. The van der Waals surface area contributed by atoms with Crippen LogP contribution in [0.25, 0.3) is 18.2 Å². The fraction of sp³-hybridized carbons (Fsp3) is 0.0909. The van der Waals surface area contributed by atoms with Gasteiger partial charge < -0.3 is 4.98 Å². The Morgan fingerprint density at radius 1 is 1.33 bits per heavy atom. The molecule has 0 aliphatic rings. The SMILES string of the molecule is C=Cc1c[nH]c(C=C)c1/C=C\C. The average molecular weight is 159 g/mol. The zero-order valence-corrected chi connectivity index (χ0v) is 7.30. The van der Waals surface area contributed by atoms with Crippen molar-refractivity contribution in [1.82, 2.24) is 4.98 Å². The van der Waals surface area contributed by atoms with Gasteiger partial charge in [-0.25, -0.2) is 0 Å². The Kier molecular flexibility index (Phi) is 2.70. The number of allylic oxidation sites excluding steroid dienone is 1. The molecule has 0 atom stereocenters. The summed E-state index contributed by atoms with van der Waals surface area (Å²) in [6.07, 6.45) is 9.62. The van der Waals surface area contributed by atoms with Crippen LogP contribution in [-0.4, -0.2) is 4.98 Å². The fourth-order valence-corrected chi connectivity index (χ4v) is 1.16. The number of aromatic nitrogens is 1. The Balaban J connectivity index is 3.24. The Hall–Kier alpha value is -1.50. The lowest BCUT2D eigenvalue weighted by Gasteiger charge is -1.92. The van der Waals surface area contributed by atoms with E-state index in [4.69, 9.17) is 0 Å². The fourth-order valence-electron chi connectivity index (χ4n) is 1.16. The largest absolute Gasteiger partial charge is 0.361 e. The predicted octanol–water partition coefficient (Wildman–Crippen LogP) is 3.33. The smallest absolute Gasteiger partial charge is 0.0454 e. The van der Waals surface area contributed by atoms with Crippen molar-refractivity contribution in [1.29, 1.82) is 0 Å². The maximum atomic E-state index is 3.73. The van der Waals surface area contributed by atoms with Gasteiger partial charge >= 0.3 is 0 Å². The van der Waals surface area contributed by atoms with Gasteiger partial charge in [0.15, 0.2) is 0 Å². The molecule has 1 heterocycles. The summed E-state index contributed by atoms with van der Waals surface area (Å²) in [5.74, 6) is 0. The number of aromatic amines is 1. The molecule has 0 saturated carbocycles. The molecule has 0 aliphatic heterocycles. The molecule has 0 unspecified atom stereocenters. The average Bonchev–Trinajstić information content (AvgIpc) is 2.48. The van der Waals surface area contributed by atoms with Crippen molar-refractivity contribution in [2.24, 2.45) is 0 Å². The predicted molar refractivity (Wildman–Crippen MR) is 55.7 cm³/mol. The zero-order chi connectivity index (χ0) is 8.97. The molecule has 0 bridgehead atoms. The first-order valence-electron chi connectivity index (χ1n) is 3.92. The highest BCUT2D eigenvalue weighted by Gasteiger charge is 2.01. The highest BCUT2D eigenvalue weighted by Crippen LogP contribution is 2.17. The molecular formula is C11H13N. The maximum absolute atomic E-state index is 3.73. The van der Waals surface area contributed by atoms with Crippen molar-refractivity contribution in [3.63, 3.8) is 0 Å². The minimum Gasteiger partial charge on any atom is -0.361 e. The molecule has 0 fully saturated rings. The number of nitrogens with one attached hydrogen (secondary N) is 1. The van der Waals surface area contributed by atoms with E-state index in [2.05, 4.69) is 18.1 Å². The zero-order valence-electron chi connectivity index (χ0n) is 7.30. The number of hydrogen-bond acceptors (Lipinski definition) is 0. The molecule has 1 aromatic heterocycles. The molecule has 12 heavy (non-hydrogen) atoms. The highest BCUT2D eigenvalue weighted by molar-refractivity contribution is 5.71. The van der Waals surface area contributed by atoms with Gasteiger partial charge in [-0.1, -0.05) is 31.4 Å².